The molecule has 0 saturated heterocycles. The van der Waals surface area contributed by atoms with E-state index in [1.54, 1.807) is 79.9 Å². The van der Waals surface area contributed by atoms with Gasteiger partial charge in [-0.15, -0.1) is 0 Å². The fourth-order valence-corrected chi connectivity index (χ4v) is 5.78. The predicted octanol–water partition coefficient (Wildman–Crippen LogP) is 7.35. The number of unbranched alkanes of at least 4 members (excludes halogenated alkanes) is 3. The van der Waals surface area contributed by atoms with Gasteiger partial charge in [0.05, 0.1) is 37.2 Å². The van der Waals surface area contributed by atoms with Crippen molar-refractivity contribution in [2.24, 2.45) is 17.8 Å². The maximum Gasteiger partial charge on any atom is 0.435 e. The molecule has 3 amide bonds. The number of carbonyl (C=O) groups excluding carboxylic acids is 4. The molecule has 298 valence electrons. The number of nitrogens with one attached hydrogen (secondary N) is 2. The lowest BCUT2D eigenvalue weighted by Crippen LogP contribution is -2.34. The van der Waals surface area contributed by atoms with Crippen LogP contribution in [0.5, 0.6) is 0 Å². The molecule has 15 heteroatoms. The number of nitrogens with zero attached hydrogens (tertiary/aromatic N) is 5. The van der Waals surface area contributed by atoms with Gasteiger partial charge in [0.15, 0.2) is 0 Å². The third-order valence-electron chi connectivity index (χ3n) is 8.87. The number of aromatic nitrogens is 3. The zero-order valence-electron chi connectivity index (χ0n) is 32.4. The van der Waals surface area contributed by atoms with E-state index in [1.165, 1.54) is 4.90 Å². The van der Waals surface area contributed by atoms with E-state index in [2.05, 4.69) is 27.5 Å². The first-order valence-corrected chi connectivity index (χ1v) is 18.9. The number of rotatable bonds is 18. The van der Waals surface area contributed by atoms with Gasteiger partial charge in [0, 0.05) is 42.3 Å². The summed E-state index contributed by atoms with van der Waals surface area (Å²) in [6.45, 7) is 4.96. The second kappa shape index (κ2) is 20.8. The van der Waals surface area contributed by atoms with Gasteiger partial charge in [-0.3, -0.25) is 19.8 Å². The second-order valence-electron chi connectivity index (χ2n) is 13.0. The van der Waals surface area contributed by atoms with E-state index in [0.29, 0.717) is 46.9 Å². The minimum atomic E-state index is -0.837. The number of anilines is 3. The Bertz CT molecular complexity index is 2150. The smallest absolute Gasteiger partial charge is 0.435 e. The number of nitrogens with two attached hydrogens (primary N) is 1. The van der Waals surface area contributed by atoms with E-state index in [9.17, 15) is 19.2 Å². The average Bonchev–Trinajstić information content (AvgIpc) is 3.54. The van der Waals surface area contributed by atoms with Gasteiger partial charge < -0.3 is 29.8 Å². The van der Waals surface area contributed by atoms with Gasteiger partial charge in [-0.05, 0) is 85.6 Å². The van der Waals surface area contributed by atoms with Gasteiger partial charge in [-0.25, -0.2) is 19.6 Å². The molecule has 5 rings (SSSR count). The van der Waals surface area contributed by atoms with Crippen molar-refractivity contribution in [1.82, 2.24) is 14.5 Å². The predicted molar refractivity (Wildman–Crippen MR) is 218 cm³/mol. The molecule has 0 bridgehead atoms. The lowest BCUT2D eigenvalue weighted by Gasteiger charge is -2.21. The first-order chi connectivity index (χ1) is 27.6. The van der Waals surface area contributed by atoms with Gasteiger partial charge >= 0.3 is 18.2 Å². The Morgan fingerprint density at radius 2 is 1.61 bits per heavy atom. The molecular formula is C42H48N8O7. The van der Waals surface area contributed by atoms with Crippen molar-refractivity contribution >= 4 is 58.1 Å². The van der Waals surface area contributed by atoms with Crippen LogP contribution in [-0.4, -0.2) is 64.2 Å². The second-order valence-corrected chi connectivity index (χ2v) is 13.0. The Kier molecular flexibility index (Phi) is 15.1. The molecule has 0 unspecified atom stereocenters. The summed E-state index contributed by atoms with van der Waals surface area (Å²) >= 11 is 0. The minimum Gasteiger partial charge on any atom is -0.466 e. The number of aryl methyl sites for hydroxylation is 1. The lowest BCUT2D eigenvalue weighted by molar-refractivity contribution is -0.142. The van der Waals surface area contributed by atoms with Crippen LogP contribution in [0, 0.1) is 0 Å². The highest BCUT2D eigenvalue weighted by atomic mass is 16.6. The number of carbonyl (C=O) groups is 4. The number of hydrogen-bond donors (Lipinski definition) is 3. The first kappa shape index (κ1) is 41.4. The summed E-state index contributed by atoms with van der Waals surface area (Å²) < 4.78 is 17.5. The van der Waals surface area contributed by atoms with Crippen LogP contribution in [-0.2, 0) is 39.2 Å². The maximum atomic E-state index is 13.7. The van der Waals surface area contributed by atoms with E-state index in [0.717, 1.165) is 42.7 Å². The van der Waals surface area contributed by atoms with Crippen LogP contribution < -0.4 is 21.3 Å². The normalized spacial score (nSPS) is 11.2. The number of esters is 1. The van der Waals surface area contributed by atoms with Crippen LogP contribution in [0.1, 0.15) is 73.3 Å². The van der Waals surface area contributed by atoms with Gasteiger partial charge in [-0.2, -0.15) is 4.99 Å². The Morgan fingerprint density at radius 3 is 2.33 bits per heavy atom. The minimum absolute atomic E-state index is 0.00232. The SMILES string of the molecule is CCCCCCOC(=O)Nc1ccc(COC(=O)/N=C(\N)c2ccc(NCc3nc4cc(C(=O)N(CCC(=O)OCC)c5ccccn5)ccc4n3C)cc2)cc1. The average molecular weight is 777 g/mol. The quantitative estimate of drug-likeness (QED) is 0.0265. The number of imidazole rings is 1. The van der Waals surface area contributed by atoms with Gasteiger partial charge in [0.1, 0.15) is 24.1 Å². The van der Waals surface area contributed by atoms with Crippen molar-refractivity contribution in [3.63, 3.8) is 0 Å². The molecule has 0 aliphatic heterocycles. The van der Waals surface area contributed by atoms with Crippen molar-refractivity contribution in [3.8, 4) is 0 Å². The van der Waals surface area contributed by atoms with Crippen molar-refractivity contribution in [2.45, 2.75) is 59.1 Å². The van der Waals surface area contributed by atoms with E-state index < -0.39 is 18.2 Å². The molecule has 0 aliphatic rings. The zero-order valence-corrected chi connectivity index (χ0v) is 32.4. The zero-order chi connectivity index (χ0) is 40.6. The van der Waals surface area contributed by atoms with Crippen LogP contribution in [0.25, 0.3) is 11.0 Å². The summed E-state index contributed by atoms with van der Waals surface area (Å²) in [5.74, 6) is 0.455. The summed E-state index contributed by atoms with van der Waals surface area (Å²) in [4.78, 5) is 64.6. The maximum absolute atomic E-state index is 13.7. The summed E-state index contributed by atoms with van der Waals surface area (Å²) in [5, 5.41) is 6.02. The Labute approximate surface area is 331 Å². The van der Waals surface area contributed by atoms with E-state index in [1.807, 2.05) is 29.8 Å². The highest BCUT2D eigenvalue weighted by Crippen LogP contribution is 2.22. The van der Waals surface area contributed by atoms with E-state index in [4.69, 9.17) is 24.9 Å². The van der Waals surface area contributed by atoms with Crippen molar-refractivity contribution in [1.29, 1.82) is 0 Å². The number of pyridine rings is 1. The van der Waals surface area contributed by atoms with E-state index in [-0.39, 0.29) is 37.9 Å². The topological polar surface area (TPSA) is 192 Å². The standard InChI is InChI=1S/C42H48N8O7/c1-4-6-7-10-25-56-41(53)46-33-17-12-29(13-18-33)28-57-42(54)48-39(43)30-14-19-32(20-15-30)45-27-37-47-34-26-31(16-21-35(34)49(37)3)40(52)50(24-22-38(51)55-5-2)36-11-8-9-23-44-36/h8-9,11-21,23,26,45H,4-7,10,22,24-25,27-28H2,1-3H3,(H,46,53)(H2,43,48,54). The first-order valence-electron chi connectivity index (χ1n) is 18.9. The number of hydrogen-bond acceptors (Lipinski definition) is 10. The lowest BCUT2D eigenvalue weighted by atomic mass is 10.1. The Morgan fingerprint density at radius 1 is 0.860 bits per heavy atom. The number of amides is 3. The molecule has 2 aromatic heterocycles. The number of aliphatic imine (C=N–C) groups is 1. The molecule has 57 heavy (non-hydrogen) atoms. The highest BCUT2D eigenvalue weighted by molar-refractivity contribution is 6.07. The summed E-state index contributed by atoms with van der Waals surface area (Å²) in [6.07, 6.45) is 4.36. The molecule has 0 radical (unpaired) electrons. The van der Waals surface area contributed by atoms with Crippen LogP contribution >= 0.6 is 0 Å². The van der Waals surface area contributed by atoms with Gasteiger partial charge in [-0.1, -0.05) is 44.4 Å². The molecule has 0 aliphatic carbocycles. The molecule has 0 fully saturated rings. The van der Waals surface area contributed by atoms with Crippen molar-refractivity contribution < 1.29 is 33.4 Å². The summed E-state index contributed by atoms with van der Waals surface area (Å²) in [5.41, 5.74) is 10.6. The number of ether oxygens (including phenoxy) is 3. The number of benzene rings is 3. The molecule has 0 saturated carbocycles. The Hall–Kier alpha value is -6.77. The van der Waals surface area contributed by atoms with Crippen molar-refractivity contribution in [2.75, 3.05) is 35.3 Å². The van der Waals surface area contributed by atoms with E-state index >= 15 is 0 Å². The number of fused-ring (bicyclic) bond motifs is 1. The van der Waals surface area contributed by atoms with Gasteiger partial charge in [0.2, 0.25) is 0 Å². The molecule has 0 atom stereocenters. The van der Waals surface area contributed by atoms with Crippen LogP contribution in [0.4, 0.5) is 26.8 Å². The third kappa shape index (κ3) is 12.1. The monoisotopic (exact) mass is 776 g/mol. The largest absolute Gasteiger partial charge is 0.466 e. The van der Waals surface area contributed by atoms with Crippen LogP contribution in [0.3, 0.4) is 0 Å². The highest BCUT2D eigenvalue weighted by Gasteiger charge is 2.21. The molecule has 0 spiro atoms. The molecule has 5 aromatic rings. The molecule has 15 nitrogen and oxygen atoms in total. The molecule has 4 N–H and O–H groups in total. The molecule has 3 aromatic carbocycles. The van der Waals surface area contributed by atoms with Gasteiger partial charge in [0.25, 0.3) is 5.91 Å². The van der Waals surface area contributed by atoms with Crippen molar-refractivity contribution in [3.05, 3.63) is 114 Å². The molecule has 2 heterocycles. The summed E-state index contributed by atoms with van der Waals surface area (Å²) in [7, 11) is 1.90. The Balaban J connectivity index is 1.12. The number of amidine groups is 1. The van der Waals surface area contributed by atoms with Crippen LogP contribution in [0.2, 0.25) is 0 Å². The molecular weight excluding hydrogens is 729 g/mol. The fourth-order valence-electron chi connectivity index (χ4n) is 5.78. The fraction of sp³-hybridized carbons (Fsp3) is 0.310. The third-order valence-corrected chi connectivity index (χ3v) is 8.87. The van der Waals surface area contributed by atoms with Crippen LogP contribution in [0.15, 0.2) is 96.1 Å². The summed E-state index contributed by atoms with van der Waals surface area (Å²) in [6, 6.07) is 24.5.